The van der Waals surface area contributed by atoms with Gasteiger partial charge < -0.3 is 15.4 Å². The summed E-state index contributed by atoms with van der Waals surface area (Å²) < 4.78 is 19.0. The SMILES string of the molecule is CCNC(=NCCS(=O)C(C)(C)C)NC1CCc2nc(COC)nn2C1. The van der Waals surface area contributed by atoms with Crippen LogP contribution in [0.1, 0.15) is 45.8 Å². The third-order valence-electron chi connectivity index (χ3n) is 4.09. The van der Waals surface area contributed by atoms with Gasteiger partial charge in [0.05, 0.1) is 13.1 Å². The Balaban J connectivity index is 1.92. The van der Waals surface area contributed by atoms with Gasteiger partial charge in [-0.3, -0.25) is 9.20 Å². The Morgan fingerprint density at radius 1 is 1.46 bits per heavy atom. The largest absolute Gasteiger partial charge is 0.377 e. The van der Waals surface area contributed by atoms with Crippen molar-refractivity contribution in [2.45, 2.75) is 64.5 Å². The molecular formula is C17H32N6O2S. The number of ether oxygens (including phenoxy) is 1. The van der Waals surface area contributed by atoms with Crippen LogP contribution >= 0.6 is 0 Å². The van der Waals surface area contributed by atoms with Crippen LogP contribution < -0.4 is 10.6 Å². The van der Waals surface area contributed by atoms with Gasteiger partial charge in [0.2, 0.25) is 0 Å². The minimum atomic E-state index is -0.890. The molecule has 2 unspecified atom stereocenters. The summed E-state index contributed by atoms with van der Waals surface area (Å²) in [6.07, 6.45) is 1.85. The molecule has 148 valence electrons. The molecule has 0 amide bonds. The summed E-state index contributed by atoms with van der Waals surface area (Å²) in [5.74, 6) is 3.08. The summed E-state index contributed by atoms with van der Waals surface area (Å²) in [4.78, 5) is 9.09. The van der Waals surface area contributed by atoms with Gasteiger partial charge >= 0.3 is 0 Å². The molecule has 8 nitrogen and oxygen atoms in total. The maximum Gasteiger partial charge on any atom is 0.191 e. The first-order valence-electron chi connectivity index (χ1n) is 9.18. The van der Waals surface area contributed by atoms with Crippen LogP contribution in [-0.2, 0) is 35.1 Å². The highest BCUT2D eigenvalue weighted by Gasteiger charge is 2.22. The highest BCUT2D eigenvalue weighted by Crippen LogP contribution is 2.14. The van der Waals surface area contributed by atoms with Crippen LogP contribution in [0, 0.1) is 0 Å². The van der Waals surface area contributed by atoms with E-state index in [0.717, 1.165) is 43.5 Å². The molecule has 0 saturated carbocycles. The second kappa shape index (κ2) is 9.45. The van der Waals surface area contributed by atoms with Gasteiger partial charge in [-0.05, 0) is 34.1 Å². The van der Waals surface area contributed by atoms with Crippen LogP contribution in [0.2, 0.25) is 0 Å². The first kappa shape index (κ1) is 20.8. The lowest BCUT2D eigenvalue weighted by atomic mass is 10.1. The van der Waals surface area contributed by atoms with E-state index < -0.39 is 10.8 Å². The lowest BCUT2D eigenvalue weighted by molar-refractivity contribution is 0.177. The molecule has 0 spiro atoms. The van der Waals surface area contributed by atoms with Crippen LogP contribution in [0.4, 0.5) is 0 Å². The predicted molar refractivity (Wildman–Crippen MR) is 105 cm³/mol. The van der Waals surface area contributed by atoms with Crippen molar-refractivity contribution in [2.75, 3.05) is 26.0 Å². The van der Waals surface area contributed by atoms with E-state index >= 15 is 0 Å². The molecule has 1 aliphatic rings. The molecule has 0 bridgehead atoms. The average Bonchev–Trinajstić information content (AvgIpc) is 2.96. The fourth-order valence-corrected chi connectivity index (χ4v) is 3.60. The van der Waals surface area contributed by atoms with E-state index in [1.54, 1.807) is 7.11 Å². The van der Waals surface area contributed by atoms with Gasteiger partial charge in [-0.15, -0.1) is 0 Å². The molecule has 0 radical (unpaired) electrons. The first-order chi connectivity index (χ1) is 12.3. The van der Waals surface area contributed by atoms with E-state index in [0.29, 0.717) is 18.9 Å². The normalized spacial score (nSPS) is 19.1. The summed E-state index contributed by atoms with van der Waals surface area (Å²) in [5.41, 5.74) is 0. The summed E-state index contributed by atoms with van der Waals surface area (Å²) in [7, 11) is 0.759. The predicted octanol–water partition coefficient (Wildman–Crippen LogP) is 0.842. The van der Waals surface area contributed by atoms with E-state index in [1.807, 2.05) is 32.4 Å². The maximum absolute atomic E-state index is 12.2. The molecule has 9 heteroatoms. The Bertz CT molecular complexity index is 638. The Morgan fingerprint density at radius 2 is 2.23 bits per heavy atom. The fourth-order valence-electron chi connectivity index (χ4n) is 2.73. The van der Waals surface area contributed by atoms with E-state index in [4.69, 9.17) is 4.74 Å². The number of nitrogens with zero attached hydrogens (tertiary/aromatic N) is 4. The number of fused-ring (bicyclic) bond motifs is 1. The van der Waals surface area contributed by atoms with Crippen molar-refractivity contribution in [3.8, 4) is 0 Å². The van der Waals surface area contributed by atoms with E-state index in [2.05, 4.69) is 25.7 Å². The number of nitrogens with one attached hydrogen (secondary N) is 2. The third-order valence-corrected chi connectivity index (χ3v) is 6.01. The van der Waals surface area contributed by atoms with E-state index in [9.17, 15) is 4.21 Å². The monoisotopic (exact) mass is 384 g/mol. The zero-order valence-corrected chi connectivity index (χ0v) is 17.4. The van der Waals surface area contributed by atoms with Gasteiger partial charge in [-0.2, -0.15) is 5.10 Å². The molecule has 26 heavy (non-hydrogen) atoms. The topological polar surface area (TPSA) is 93.4 Å². The zero-order valence-electron chi connectivity index (χ0n) is 16.5. The van der Waals surface area contributed by atoms with Crippen molar-refractivity contribution in [1.29, 1.82) is 0 Å². The van der Waals surface area contributed by atoms with Crippen LogP contribution in [0.5, 0.6) is 0 Å². The van der Waals surface area contributed by atoms with Gasteiger partial charge in [-0.25, -0.2) is 9.67 Å². The van der Waals surface area contributed by atoms with E-state index in [-0.39, 0.29) is 10.8 Å². The highest BCUT2D eigenvalue weighted by atomic mass is 32.2. The molecule has 1 aromatic heterocycles. The number of hydrogen-bond acceptors (Lipinski definition) is 5. The molecule has 2 heterocycles. The fraction of sp³-hybridized carbons (Fsp3) is 0.824. The molecule has 0 aliphatic carbocycles. The molecule has 2 rings (SSSR count). The van der Waals surface area contributed by atoms with Crippen LogP contribution in [0.25, 0.3) is 0 Å². The van der Waals surface area contributed by atoms with Gasteiger partial charge in [0.1, 0.15) is 12.4 Å². The lowest BCUT2D eigenvalue weighted by Gasteiger charge is -2.25. The Kier molecular flexibility index (Phi) is 7.57. The number of hydrogen-bond donors (Lipinski definition) is 2. The summed E-state index contributed by atoms with van der Waals surface area (Å²) in [6, 6.07) is 0.241. The second-order valence-corrected chi connectivity index (χ2v) is 9.69. The highest BCUT2D eigenvalue weighted by molar-refractivity contribution is 7.86. The number of aliphatic imine (C=N–C) groups is 1. The molecule has 0 fully saturated rings. The van der Waals surface area contributed by atoms with E-state index in [1.165, 1.54) is 0 Å². The number of rotatable bonds is 7. The van der Waals surface area contributed by atoms with Crippen molar-refractivity contribution in [3.63, 3.8) is 0 Å². The minimum Gasteiger partial charge on any atom is -0.377 e. The van der Waals surface area contributed by atoms with Crippen molar-refractivity contribution < 1.29 is 8.95 Å². The smallest absolute Gasteiger partial charge is 0.191 e. The minimum absolute atomic E-state index is 0.200. The summed E-state index contributed by atoms with van der Waals surface area (Å²) in [5, 5.41) is 11.2. The van der Waals surface area contributed by atoms with Crippen molar-refractivity contribution in [3.05, 3.63) is 11.6 Å². The summed E-state index contributed by atoms with van der Waals surface area (Å²) >= 11 is 0. The number of aromatic nitrogens is 3. The average molecular weight is 385 g/mol. The van der Waals surface area contributed by atoms with Crippen LogP contribution in [0.3, 0.4) is 0 Å². The first-order valence-corrected chi connectivity index (χ1v) is 10.5. The van der Waals surface area contributed by atoms with Gasteiger partial charge in [0, 0.05) is 47.4 Å². The van der Waals surface area contributed by atoms with Crippen molar-refractivity contribution in [1.82, 2.24) is 25.4 Å². The van der Waals surface area contributed by atoms with Crippen molar-refractivity contribution in [2.24, 2.45) is 4.99 Å². The number of guanidine groups is 1. The quantitative estimate of drug-likeness (QED) is 0.535. The number of methoxy groups -OCH3 is 1. The third kappa shape index (κ3) is 6.05. The summed E-state index contributed by atoms with van der Waals surface area (Å²) in [6.45, 7) is 10.5. The Labute approximate surface area is 158 Å². The van der Waals surface area contributed by atoms with Gasteiger partial charge in [0.25, 0.3) is 0 Å². The molecule has 1 aliphatic heterocycles. The second-order valence-electron chi connectivity index (χ2n) is 7.36. The molecular weight excluding hydrogens is 352 g/mol. The van der Waals surface area contributed by atoms with Crippen LogP contribution in [-0.4, -0.2) is 61.7 Å². The lowest BCUT2D eigenvalue weighted by Crippen LogP contribution is -2.47. The molecule has 0 aromatic carbocycles. The maximum atomic E-state index is 12.2. The number of aryl methyl sites for hydroxylation is 1. The molecule has 0 saturated heterocycles. The molecule has 2 atom stereocenters. The Hall–Kier alpha value is -1.48. The standard InChI is InChI=1S/C17H32N6O2S/c1-6-18-16(19-9-10-26(24)17(2,3)4)20-13-7-8-15-21-14(12-25-5)22-23(15)11-13/h13H,6-12H2,1-5H3,(H2,18,19,20). The molecule has 2 N–H and O–H groups in total. The Morgan fingerprint density at radius 3 is 2.88 bits per heavy atom. The zero-order chi connectivity index (χ0) is 19.2. The van der Waals surface area contributed by atoms with Gasteiger partial charge in [-0.1, -0.05) is 0 Å². The van der Waals surface area contributed by atoms with Gasteiger partial charge in [0.15, 0.2) is 11.8 Å². The van der Waals surface area contributed by atoms with Crippen LogP contribution in [0.15, 0.2) is 4.99 Å². The molecule has 1 aromatic rings. The van der Waals surface area contributed by atoms with Crippen molar-refractivity contribution >= 4 is 16.8 Å².